The Morgan fingerprint density at radius 3 is 0.883 bits per heavy atom. The van der Waals surface area contributed by atoms with Gasteiger partial charge in [-0.3, -0.25) is 0 Å². The van der Waals surface area contributed by atoms with E-state index >= 15 is 0 Å². The summed E-state index contributed by atoms with van der Waals surface area (Å²) in [5.74, 6) is 0.680. The molecule has 0 aliphatic heterocycles. The highest BCUT2D eigenvalue weighted by molar-refractivity contribution is 5.87. The fourth-order valence-corrected chi connectivity index (χ4v) is 8.10. The molecule has 60 heavy (non-hydrogen) atoms. The lowest BCUT2D eigenvalue weighted by Gasteiger charge is -2.13. The van der Waals surface area contributed by atoms with Gasteiger partial charge in [-0.1, -0.05) is 216 Å². The lowest BCUT2D eigenvalue weighted by molar-refractivity contribution is -0.602. The van der Waals surface area contributed by atoms with Gasteiger partial charge in [0.2, 0.25) is 12.7 Å². The zero-order valence-corrected chi connectivity index (χ0v) is 32.9. The fourth-order valence-electron chi connectivity index (χ4n) is 8.10. The van der Waals surface area contributed by atoms with Crippen LogP contribution in [0.25, 0.3) is 95.0 Å². The summed E-state index contributed by atoms with van der Waals surface area (Å²) in [6.45, 7) is 0. The molecule has 0 radical (unpaired) electrons. The second-order valence-electron chi connectivity index (χ2n) is 14.9. The Labute approximate surface area is 351 Å². The second-order valence-corrected chi connectivity index (χ2v) is 14.9. The van der Waals surface area contributed by atoms with Crippen molar-refractivity contribution in [1.29, 1.82) is 0 Å². The van der Waals surface area contributed by atoms with Gasteiger partial charge >= 0.3 is 5.82 Å². The lowest BCUT2D eigenvalue weighted by Crippen LogP contribution is -2.31. The highest BCUT2D eigenvalue weighted by atomic mass is 15.1. The molecule has 0 aliphatic rings. The summed E-state index contributed by atoms with van der Waals surface area (Å²) in [5, 5.41) is 0. The molecule has 0 unspecified atom stereocenters. The first-order valence-corrected chi connectivity index (χ1v) is 20.3. The highest BCUT2D eigenvalue weighted by Gasteiger charge is 2.17. The fraction of sp³-hybridized carbons (Fsp3) is 0. The molecule has 282 valence electrons. The molecule has 0 bridgehead atoms. The van der Waals surface area contributed by atoms with Crippen molar-refractivity contribution >= 4 is 0 Å². The Bertz CT molecular complexity index is 2690. The molecule has 0 saturated heterocycles. The van der Waals surface area contributed by atoms with Crippen molar-refractivity contribution in [3.8, 4) is 95.0 Å². The minimum absolute atomic E-state index is 0.680. The molecule has 0 amide bonds. The number of aromatic nitrogens is 3. The molecule has 1 aromatic heterocycles. The van der Waals surface area contributed by atoms with E-state index in [-0.39, 0.29) is 0 Å². The van der Waals surface area contributed by atoms with Crippen LogP contribution in [0.15, 0.2) is 243 Å². The number of benzene rings is 9. The normalized spacial score (nSPS) is 11.0. The maximum Gasteiger partial charge on any atom is 0.307 e. The Kier molecular flexibility index (Phi) is 9.97. The van der Waals surface area contributed by atoms with Crippen LogP contribution in [0.1, 0.15) is 0 Å². The average Bonchev–Trinajstić information content (AvgIpc) is 3.35. The number of hydrogen-bond acceptors (Lipinski definition) is 2. The van der Waals surface area contributed by atoms with E-state index in [0.29, 0.717) is 5.82 Å². The zero-order chi connectivity index (χ0) is 40.1. The molecule has 1 heterocycles. The minimum atomic E-state index is 0.680. The Morgan fingerprint density at radius 2 is 0.517 bits per heavy atom. The van der Waals surface area contributed by atoms with Crippen LogP contribution in [0.2, 0.25) is 0 Å². The summed E-state index contributed by atoms with van der Waals surface area (Å²) in [6.07, 6.45) is 3.75. The van der Waals surface area contributed by atoms with E-state index in [9.17, 15) is 0 Å². The summed E-state index contributed by atoms with van der Waals surface area (Å²) >= 11 is 0. The molecule has 3 nitrogen and oxygen atoms in total. The average molecular weight is 767 g/mol. The van der Waals surface area contributed by atoms with Crippen LogP contribution in [-0.4, -0.2) is 9.97 Å². The molecule has 0 aliphatic carbocycles. The first-order valence-electron chi connectivity index (χ1n) is 20.3. The van der Waals surface area contributed by atoms with Crippen molar-refractivity contribution in [2.45, 2.75) is 0 Å². The van der Waals surface area contributed by atoms with Crippen LogP contribution in [-0.2, 0) is 0 Å². The third-order valence-corrected chi connectivity index (χ3v) is 11.2. The van der Waals surface area contributed by atoms with Gasteiger partial charge in [-0.2, -0.15) is 0 Å². The van der Waals surface area contributed by atoms with Gasteiger partial charge in [-0.15, -0.1) is 0 Å². The largest absolute Gasteiger partial charge is 0.307 e. The van der Waals surface area contributed by atoms with Crippen LogP contribution >= 0.6 is 0 Å². The molecule has 0 N–H and O–H groups in total. The molecule has 10 rings (SSSR count). The lowest BCUT2D eigenvalue weighted by atomic mass is 9.92. The third-order valence-electron chi connectivity index (χ3n) is 11.2. The minimum Gasteiger partial charge on any atom is -0.206 e. The molecular weight excluding hydrogens is 727 g/mol. The SMILES string of the molecule is c1ccc(-c2ccccc2-c2ccc(-c3cc(-c4ccc(-c5ccccc5-c5ccccc5)cc4)cc(-[n+]4cnc(-c5ccccc5-c5ccccc5)nc4)c3)cc2)cc1. The van der Waals surface area contributed by atoms with E-state index in [1.165, 1.54) is 44.5 Å². The molecule has 3 heteroatoms. The van der Waals surface area contributed by atoms with Crippen LogP contribution in [0.3, 0.4) is 0 Å². The summed E-state index contributed by atoms with van der Waals surface area (Å²) < 4.78 is 2.01. The molecule has 0 spiro atoms. The van der Waals surface area contributed by atoms with Crippen molar-refractivity contribution in [2.24, 2.45) is 0 Å². The van der Waals surface area contributed by atoms with Crippen LogP contribution < -0.4 is 4.57 Å². The first-order chi connectivity index (χ1) is 29.7. The van der Waals surface area contributed by atoms with Gasteiger partial charge in [0.05, 0.1) is 5.56 Å². The quantitative estimate of drug-likeness (QED) is 0.137. The van der Waals surface area contributed by atoms with Gasteiger partial charge in [-0.05, 0) is 102 Å². The highest BCUT2D eigenvalue weighted by Crippen LogP contribution is 2.37. The third kappa shape index (κ3) is 7.44. The van der Waals surface area contributed by atoms with Gasteiger partial charge in [0.1, 0.15) is 5.69 Å². The van der Waals surface area contributed by atoms with E-state index < -0.39 is 0 Å². The molecule has 0 fully saturated rings. The number of rotatable bonds is 9. The van der Waals surface area contributed by atoms with Crippen molar-refractivity contribution in [1.82, 2.24) is 9.97 Å². The zero-order valence-electron chi connectivity index (χ0n) is 32.9. The van der Waals surface area contributed by atoms with Crippen LogP contribution in [0, 0.1) is 0 Å². The summed E-state index contributed by atoms with van der Waals surface area (Å²) in [7, 11) is 0. The molecule has 0 saturated carbocycles. The van der Waals surface area contributed by atoms with Crippen LogP contribution in [0.4, 0.5) is 0 Å². The number of hydrogen-bond donors (Lipinski definition) is 0. The van der Waals surface area contributed by atoms with E-state index in [1.807, 2.05) is 29.4 Å². The van der Waals surface area contributed by atoms with Gasteiger partial charge in [-0.25, -0.2) is 4.57 Å². The monoisotopic (exact) mass is 766 g/mol. The van der Waals surface area contributed by atoms with Crippen molar-refractivity contribution < 1.29 is 4.57 Å². The molecule has 9 aromatic carbocycles. The Hall–Kier alpha value is -8.01. The smallest absolute Gasteiger partial charge is 0.206 e. The standard InChI is InChI=1S/C57H40N3/c1-4-16-43(17-5-1)51-22-10-12-24-53(51)46-32-28-41(29-33-46)48-36-49(42-30-34-47(35-31-42)54-25-13-11-23-52(54)44-18-6-2-7-19-44)38-50(37-48)60-39-58-57(59-40-60)56-27-15-14-26-55(56)45-20-8-3-9-21-45/h1-40H/q+1. The van der Waals surface area contributed by atoms with E-state index in [2.05, 4.69) is 218 Å². The van der Waals surface area contributed by atoms with Gasteiger partial charge in [0, 0.05) is 0 Å². The second kappa shape index (κ2) is 16.5. The summed E-state index contributed by atoms with van der Waals surface area (Å²) in [4.78, 5) is 9.85. The summed E-state index contributed by atoms with van der Waals surface area (Å²) in [6, 6.07) is 81.8. The van der Waals surface area contributed by atoms with Crippen molar-refractivity contribution in [3.05, 3.63) is 243 Å². The van der Waals surface area contributed by atoms with Crippen molar-refractivity contribution in [3.63, 3.8) is 0 Å². The Balaban J connectivity index is 1.04. The number of nitrogens with zero attached hydrogens (tertiary/aromatic N) is 3. The van der Waals surface area contributed by atoms with E-state index in [4.69, 9.17) is 9.97 Å². The first kappa shape index (κ1) is 36.3. The topological polar surface area (TPSA) is 29.7 Å². The van der Waals surface area contributed by atoms with E-state index in [0.717, 1.165) is 44.6 Å². The molecule has 10 aromatic rings. The van der Waals surface area contributed by atoms with Gasteiger partial charge in [0.25, 0.3) is 0 Å². The predicted molar refractivity (Wildman–Crippen MR) is 247 cm³/mol. The maximum atomic E-state index is 4.92. The maximum absolute atomic E-state index is 4.92. The Morgan fingerprint density at radius 1 is 0.233 bits per heavy atom. The van der Waals surface area contributed by atoms with Crippen molar-refractivity contribution in [2.75, 3.05) is 0 Å². The predicted octanol–water partition coefficient (Wildman–Crippen LogP) is 14.1. The summed E-state index contributed by atoms with van der Waals surface area (Å²) in [5.41, 5.74) is 18.3. The molecular formula is C57H40N3+. The van der Waals surface area contributed by atoms with Gasteiger partial charge in [0.15, 0.2) is 0 Å². The van der Waals surface area contributed by atoms with Crippen LogP contribution in [0.5, 0.6) is 0 Å². The van der Waals surface area contributed by atoms with E-state index in [1.54, 1.807) is 0 Å². The van der Waals surface area contributed by atoms with Gasteiger partial charge < -0.3 is 0 Å². The molecule has 0 atom stereocenters.